The number of rotatable bonds is 6. The Hall–Kier alpha value is -1.82. The third-order valence-corrected chi connectivity index (χ3v) is 4.63. The van der Waals surface area contributed by atoms with E-state index in [0.29, 0.717) is 17.4 Å². The van der Waals surface area contributed by atoms with Gasteiger partial charge in [0.1, 0.15) is 17.2 Å². The summed E-state index contributed by atoms with van der Waals surface area (Å²) < 4.78 is 5.80. The Labute approximate surface area is 173 Å². The van der Waals surface area contributed by atoms with Crippen LogP contribution in [-0.2, 0) is 0 Å². The van der Waals surface area contributed by atoms with Gasteiger partial charge in [0.15, 0.2) is 0 Å². The average Bonchev–Trinajstić information content (AvgIpc) is 2.67. The molecule has 0 unspecified atom stereocenters. The second-order valence-electron chi connectivity index (χ2n) is 6.42. The highest BCUT2D eigenvalue weighted by atomic mass is 35.5. The summed E-state index contributed by atoms with van der Waals surface area (Å²) in [6.07, 6.45) is 4.93. The Balaban J connectivity index is 0.00000182. The summed E-state index contributed by atoms with van der Waals surface area (Å²) in [5, 5.41) is 3.20. The van der Waals surface area contributed by atoms with E-state index >= 15 is 0 Å². The number of pyridine rings is 1. The van der Waals surface area contributed by atoms with Gasteiger partial charge in [0.05, 0.1) is 0 Å². The molecule has 1 aromatic carbocycles. The zero-order valence-electron chi connectivity index (χ0n) is 15.5. The number of carbonyl (C=O) groups excluding carboxylic acids is 1. The molecular weight excluding hydrogens is 385 g/mol. The first-order valence-electron chi connectivity index (χ1n) is 8.89. The first kappa shape index (κ1) is 23.2. The van der Waals surface area contributed by atoms with Gasteiger partial charge in [-0.3, -0.25) is 9.78 Å². The van der Waals surface area contributed by atoms with Crippen LogP contribution in [0.5, 0.6) is 11.5 Å². The highest BCUT2D eigenvalue weighted by molar-refractivity contribution is 5.92. The lowest BCUT2D eigenvalue weighted by Crippen LogP contribution is -2.39. The maximum Gasteiger partial charge on any atom is 0.272 e. The highest BCUT2D eigenvalue weighted by Crippen LogP contribution is 2.24. The molecule has 5 nitrogen and oxygen atoms in total. The van der Waals surface area contributed by atoms with E-state index in [0.717, 1.165) is 38.2 Å². The van der Waals surface area contributed by atoms with Gasteiger partial charge in [-0.2, -0.15) is 0 Å². The standard InChI is InChI=1S/C20H25N3O2.2ClH/c1-21-11-7-16-9-13-23(14-10-16)20(24)19-15-18(8-12-22-19)25-17-5-3-2-4-6-17;;/h2-6,8,12,15-16,21H,7,9-11,13-14H2,1H3;2*1H. The van der Waals surface area contributed by atoms with Crippen LogP contribution in [-0.4, -0.2) is 42.5 Å². The van der Waals surface area contributed by atoms with E-state index in [9.17, 15) is 4.79 Å². The number of halogens is 2. The number of benzene rings is 1. The van der Waals surface area contributed by atoms with Crippen LogP contribution in [0.25, 0.3) is 0 Å². The monoisotopic (exact) mass is 411 g/mol. The summed E-state index contributed by atoms with van der Waals surface area (Å²) in [5.41, 5.74) is 0.446. The largest absolute Gasteiger partial charge is 0.457 e. The fourth-order valence-electron chi connectivity index (χ4n) is 3.15. The molecule has 0 atom stereocenters. The van der Waals surface area contributed by atoms with Gasteiger partial charge >= 0.3 is 0 Å². The quantitative estimate of drug-likeness (QED) is 0.774. The van der Waals surface area contributed by atoms with E-state index in [4.69, 9.17) is 4.74 Å². The summed E-state index contributed by atoms with van der Waals surface area (Å²) >= 11 is 0. The van der Waals surface area contributed by atoms with Crippen LogP contribution in [0.2, 0.25) is 0 Å². The second kappa shape index (κ2) is 11.8. The average molecular weight is 412 g/mol. The first-order valence-corrected chi connectivity index (χ1v) is 8.89. The van der Waals surface area contributed by atoms with Crippen LogP contribution < -0.4 is 10.1 Å². The number of aromatic nitrogens is 1. The van der Waals surface area contributed by atoms with Gasteiger partial charge in [0.2, 0.25) is 0 Å². The van der Waals surface area contributed by atoms with Crippen molar-refractivity contribution in [2.75, 3.05) is 26.7 Å². The molecule has 3 rings (SSSR count). The molecule has 7 heteroatoms. The minimum atomic E-state index is -0.00872. The Morgan fingerprint density at radius 3 is 2.52 bits per heavy atom. The van der Waals surface area contributed by atoms with Gasteiger partial charge in [-0.1, -0.05) is 18.2 Å². The van der Waals surface area contributed by atoms with Crippen molar-refractivity contribution < 1.29 is 9.53 Å². The van der Waals surface area contributed by atoms with Gasteiger partial charge in [-0.15, -0.1) is 24.8 Å². The van der Waals surface area contributed by atoms with Crippen molar-refractivity contribution >= 4 is 30.7 Å². The first-order chi connectivity index (χ1) is 12.3. The van der Waals surface area contributed by atoms with Gasteiger partial charge in [-0.05, 0) is 57.0 Å². The van der Waals surface area contributed by atoms with Crippen LogP contribution in [0.15, 0.2) is 48.7 Å². The molecule has 27 heavy (non-hydrogen) atoms. The van der Waals surface area contributed by atoms with E-state index in [-0.39, 0.29) is 30.7 Å². The van der Waals surface area contributed by atoms with Gasteiger partial charge < -0.3 is 15.0 Å². The van der Waals surface area contributed by atoms with Gasteiger partial charge in [0.25, 0.3) is 5.91 Å². The Morgan fingerprint density at radius 2 is 1.85 bits per heavy atom. The number of hydrogen-bond donors (Lipinski definition) is 1. The molecule has 1 N–H and O–H groups in total. The Bertz CT molecular complexity index is 693. The molecule has 1 aliphatic heterocycles. The molecular formula is C20H27Cl2N3O2. The number of hydrogen-bond acceptors (Lipinski definition) is 4. The van der Waals surface area contributed by atoms with Crippen molar-refractivity contribution in [2.45, 2.75) is 19.3 Å². The molecule has 1 amide bonds. The molecule has 1 fully saturated rings. The maximum atomic E-state index is 12.7. The van der Waals surface area contributed by atoms with E-state index < -0.39 is 0 Å². The van der Waals surface area contributed by atoms with Gasteiger partial charge in [-0.25, -0.2) is 0 Å². The lowest BCUT2D eigenvalue weighted by molar-refractivity contribution is 0.0681. The van der Waals surface area contributed by atoms with E-state index in [1.165, 1.54) is 6.42 Å². The van der Waals surface area contributed by atoms with Crippen LogP contribution in [0.4, 0.5) is 0 Å². The van der Waals surface area contributed by atoms with Crippen molar-refractivity contribution in [1.82, 2.24) is 15.2 Å². The van der Waals surface area contributed by atoms with Crippen molar-refractivity contribution in [3.63, 3.8) is 0 Å². The normalized spacial score (nSPS) is 14.0. The van der Waals surface area contributed by atoms with E-state index in [1.807, 2.05) is 42.3 Å². The van der Waals surface area contributed by atoms with Crippen molar-refractivity contribution in [3.05, 3.63) is 54.4 Å². The Kier molecular flexibility index (Phi) is 10.1. The number of nitrogens with zero attached hydrogens (tertiary/aromatic N) is 2. The molecule has 0 saturated carbocycles. The molecule has 2 heterocycles. The molecule has 1 aromatic heterocycles. The highest BCUT2D eigenvalue weighted by Gasteiger charge is 2.24. The maximum absolute atomic E-state index is 12.7. The predicted octanol–water partition coefficient (Wildman–Crippen LogP) is 4.18. The summed E-state index contributed by atoms with van der Waals surface area (Å²) in [4.78, 5) is 18.9. The SMILES string of the molecule is CNCCC1CCN(C(=O)c2cc(Oc3ccccc3)ccn2)CC1.Cl.Cl. The number of likely N-dealkylation sites (tertiary alicyclic amines) is 1. The molecule has 0 aliphatic carbocycles. The smallest absolute Gasteiger partial charge is 0.272 e. The van der Waals surface area contributed by atoms with Crippen LogP contribution >= 0.6 is 24.8 Å². The van der Waals surface area contributed by atoms with Crippen molar-refractivity contribution in [2.24, 2.45) is 5.92 Å². The fourth-order valence-corrected chi connectivity index (χ4v) is 3.15. The molecule has 0 spiro atoms. The van der Waals surface area contributed by atoms with Crippen molar-refractivity contribution in [3.8, 4) is 11.5 Å². The van der Waals surface area contributed by atoms with E-state index in [1.54, 1.807) is 18.3 Å². The number of carbonyl (C=O) groups is 1. The van der Waals surface area contributed by atoms with Gasteiger partial charge in [0, 0.05) is 25.4 Å². The van der Waals surface area contributed by atoms with Crippen LogP contribution in [0, 0.1) is 5.92 Å². The molecule has 148 valence electrons. The third-order valence-electron chi connectivity index (χ3n) is 4.63. The minimum absolute atomic E-state index is 0. The lowest BCUT2D eigenvalue weighted by Gasteiger charge is -2.31. The lowest BCUT2D eigenvalue weighted by atomic mass is 9.93. The summed E-state index contributed by atoms with van der Waals surface area (Å²) in [7, 11) is 1.98. The summed E-state index contributed by atoms with van der Waals surface area (Å²) in [6, 6.07) is 13.0. The second-order valence-corrected chi connectivity index (χ2v) is 6.42. The molecule has 1 aliphatic rings. The zero-order chi connectivity index (χ0) is 17.5. The van der Waals surface area contributed by atoms with Crippen LogP contribution in [0.3, 0.4) is 0 Å². The summed E-state index contributed by atoms with van der Waals surface area (Å²) in [6.45, 7) is 2.65. The van der Waals surface area contributed by atoms with Crippen LogP contribution in [0.1, 0.15) is 29.8 Å². The minimum Gasteiger partial charge on any atom is -0.457 e. The number of amides is 1. The molecule has 0 radical (unpaired) electrons. The Morgan fingerprint density at radius 1 is 1.15 bits per heavy atom. The number of ether oxygens (including phenoxy) is 1. The molecule has 2 aromatic rings. The third kappa shape index (κ3) is 6.69. The van der Waals surface area contributed by atoms with E-state index in [2.05, 4.69) is 10.3 Å². The van der Waals surface area contributed by atoms with Crippen molar-refractivity contribution in [1.29, 1.82) is 0 Å². The number of piperidine rings is 1. The number of para-hydroxylation sites is 1. The fraction of sp³-hybridized carbons (Fsp3) is 0.400. The molecule has 0 bridgehead atoms. The zero-order valence-corrected chi connectivity index (χ0v) is 17.1. The topological polar surface area (TPSA) is 54.5 Å². The predicted molar refractivity (Wildman–Crippen MR) is 112 cm³/mol. The summed E-state index contributed by atoms with van der Waals surface area (Å²) in [5.74, 6) is 2.08. The molecule has 1 saturated heterocycles. The number of nitrogens with one attached hydrogen (secondary N) is 1.